The summed E-state index contributed by atoms with van der Waals surface area (Å²) in [6.07, 6.45) is 0. The summed E-state index contributed by atoms with van der Waals surface area (Å²) in [4.78, 5) is 0.0569. The van der Waals surface area contributed by atoms with Gasteiger partial charge in [-0.15, -0.1) is 0 Å². The van der Waals surface area contributed by atoms with Crippen LogP contribution in [0, 0.1) is 5.82 Å². The first-order chi connectivity index (χ1) is 9.94. The summed E-state index contributed by atoms with van der Waals surface area (Å²) >= 11 is 0. The fraction of sp³-hybridized carbons (Fsp3) is 0.143. The number of halogens is 1. The first-order valence-electron chi connectivity index (χ1n) is 6.27. The predicted molar refractivity (Wildman–Crippen MR) is 79.4 cm³/mol. The van der Waals surface area contributed by atoms with E-state index < -0.39 is 16.1 Å². The van der Waals surface area contributed by atoms with Crippen molar-refractivity contribution in [2.24, 2.45) is 5.84 Å². The van der Waals surface area contributed by atoms with Crippen molar-refractivity contribution in [2.75, 3.05) is 5.43 Å². The molecule has 0 radical (unpaired) electrons. The maximum absolute atomic E-state index is 12.9. The van der Waals surface area contributed by atoms with Crippen LogP contribution in [-0.4, -0.2) is 8.42 Å². The molecule has 2 aromatic carbocycles. The molecule has 4 N–H and O–H groups in total. The van der Waals surface area contributed by atoms with E-state index in [0.29, 0.717) is 11.3 Å². The van der Waals surface area contributed by atoms with Crippen molar-refractivity contribution in [3.8, 4) is 0 Å². The Morgan fingerprint density at radius 3 is 2.33 bits per heavy atom. The Kier molecular flexibility index (Phi) is 4.56. The summed E-state index contributed by atoms with van der Waals surface area (Å²) in [6, 6.07) is 11.5. The molecular formula is C14H16FN3O2S. The van der Waals surface area contributed by atoms with Gasteiger partial charge in [-0.2, -0.15) is 0 Å². The molecule has 5 nitrogen and oxygen atoms in total. The fourth-order valence-corrected chi connectivity index (χ4v) is 3.34. The van der Waals surface area contributed by atoms with Gasteiger partial charge in [0.2, 0.25) is 10.0 Å². The predicted octanol–water partition coefficient (Wildman–Crippen LogP) is 2.15. The van der Waals surface area contributed by atoms with Crippen molar-refractivity contribution in [3.05, 3.63) is 59.9 Å². The Labute approximate surface area is 123 Å². The standard InChI is InChI=1S/C14H16FN3O2S/c1-10(11-6-8-12(15)9-7-11)18-21(19,20)14-5-3-2-4-13(14)17-16/h2-10,17-18H,16H2,1H3. The Balaban J connectivity index is 2.26. The number of anilines is 1. The van der Waals surface area contributed by atoms with Crippen LogP contribution < -0.4 is 16.0 Å². The van der Waals surface area contributed by atoms with E-state index in [9.17, 15) is 12.8 Å². The maximum atomic E-state index is 12.9. The van der Waals surface area contributed by atoms with E-state index in [-0.39, 0.29) is 10.7 Å². The molecule has 0 amide bonds. The molecule has 0 saturated carbocycles. The van der Waals surface area contributed by atoms with E-state index >= 15 is 0 Å². The van der Waals surface area contributed by atoms with Crippen molar-refractivity contribution >= 4 is 15.7 Å². The second kappa shape index (κ2) is 6.21. The highest BCUT2D eigenvalue weighted by atomic mass is 32.2. The average molecular weight is 309 g/mol. The van der Waals surface area contributed by atoms with Gasteiger partial charge in [-0.1, -0.05) is 24.3 Å². The van der Waals surface area contributed by atoms with Gasteiger partial charge in [-0.3, -0.25) is 5.84 Å². The van der Waals surface area contributed by atoms with E-state index in [0.717, 1.165) is 0 Å². The minimum atomic E-state index is -3.75. The lowest BCUT2D eigenvalue weighted by Gasteiger charge is -2.16. The van der Waals surface area contributed by atoms with Gasteiger partial charge in [-0.05, 0) is 36.8 Å². The zero-order chi connectivity index (χ0) is 15.5. The third kappa shape index (κ3) is 3.57. The average Bonchev–Trinajstić information content (AvgIpc) is 2.47. The van der Waals surface area contributed by atoms with E-state index in [1.807, 2.05) is 0 Å². The molecule has 2 rings (SSSR count). The molecular weight excluding hydrogens is 293 g/mol. The molecule has 0 spiro atoms. The van der Waals surface area contributed by atoms with Crippen molar-refractivity contribution in [3.63, 3.8) is 0 Å². The van der Waals surface area contributed by atoms with E-state index in [1.165, 1.54) is 30.3 Å². The maximum Gasteiger partial charge on any atom is 0.243 e. The Hall–Kier alpha value is -1.96. The highest BCUT2D eigenvalue weighted by Crippen LogP contribution is 2.22. The van der Waals surface area contributed by atoms with E-state index in [4.69, 9.17) is 5.84 Å². The molecule has 1 atom stereocenters. The number of hydrazine groups is 1. The summed E-state index contributed by atoms with van der Waals surface area (Å²) in [7, 11) is -3.75. The summed E-state index contributed by atoms with van der Waals surface area (Å²) in [6.45, 7) is 1.68. The highest BCUT2D eigenvalue weighted by Gasteiger charge is 2.21. The lowest BCUT2D eigenvalue weighted by Crippen LogP contribution is -2.28. The number of sulfonamides is 1. The Morgan fingerprint density at radius 2 is 1.71 bits per heavy atom. The van der Waals surface area contributed by atoms with Crippen LogP contribution in [-0.2, 0) is 10.0 Å². The largest absolute Gasteiger partial charge is 0.323 e. The molecule has 0 fully saturated rings. The zero-order valence-electron chi connectivity index (χ0n) is 11.4. The molecule has 7 heteroatoms. The molecule has 0 aromatic heterocycles. The van der Waals surface area contributed by atoms with Gasteiger partial charge in [0.15, 0.2) is 0 Å². The first-order valence-corrected chi connectivity index (χ1v) is 7.76. The lowest BCUT2D eigenvalue weighted by molar-refractivity contribution is 0.566. The third-order valence-electron chi connectivity index (χ3n) is 3.03. The molecule has 0 aliphatic carbocycles. The monoisotopic (exact) mass is 309 g/mol. The molecule has 0 saturated heterocycles. The first kappa shape index (κ1) is 15.4. The normalized spacial score (nSPS) is 12.9. The number of para-hydroxylation sites is 1. The van der Waals surface area contributed by atoms with Gasteiger partial charge in [0.05, 0.1) is 5.69 Å². The number of rotatable bonds is 5. The van der Waals surface area contributed by atoms with Crippen molar-refractivity contribution in [1.82, 2.24) is 4.72 Å². The second-order valence-corrected chi connectivity index (χ2v) is 6.22. The molecule has 0 heterocycles. The third-order valence-corrected chi connectivity index (χ3v) is 4.63. The van der Waals surface area contributed by atoms with Gasteiger partial charge in [0.25, 0.3) is 0 Å². The van der Waals surface area contributed by atoms with Crippen molar-refractivity contribution in [2.45, 2.75) is 17.9 Å². The molecule has 0 aliphatic heterocycles. The van der Waals surface area contributed by atoms with Crippen molar-refractivity contribution in [1.29, 1.82) is 0 Å². The van der Waals surface area contributed by atoms with Gasteiger partial charge in [0.1, 0.15) is 10.7 Å². The number of nitrogens with one attached hydrogen (secondary N) is 2. The zero-order valence-corrected chi connectivity index (χ0v) is 12.2. The second-order valence-electron chi connectivity index (χ2n) is 4.54. The molecule has 2 aromatic rings. The summed E-state index contributed by atoms with van der Waals surface area (Å²) in [5.74, 6) is 4.95. The lowest BCUT2D eigenvalue weighted by atomic mass is 10.1. The molecule has 0 bridgehead atoms. The summed E-state index contributed by atoms with van der Waals surface area (Å²) in [5.41, 5.74) is 3.32. The van der Waals surface area contributed by atoms with E-state index in [2.05, 4.69) is 10.1 Å². The van der Waals surface area contributed by atoms with E-state index in [1.54, 1.807) is 25.1 Å². The van der Waals surface area contributed by atoms with Crippen molar-refractivity contribution < 1.29 is 12.8 Å². The SMILES string of the molecule is CC(NS(=O)(=O)c1ccccc1NN)c1ccc(F)cc1. The van der Waals surface area contributed by atoms with Crippen LogP contribution in [0.15, 0.2) is 53.4 Å². The minimum Gasteiger partial charge on any atom is -0.323 e. The highest BCUT2D eigenvalue weighted by molar-refractivity contribution is 7.89. The molecule has 21 heavy (non-hydrogen) atoms. The molecule has 1 unspecified atom stereocenters. The minimum absolute atomic E-state index is 0.0569. The van der Waals surface area contributed by atoms with Crippen LogP contribution >= 0.6 is 0 Å². The number of hydrogen-bond donors (Lipinski definition) is 3. The quantitative estimate of drug-likeness (QED) is 0.583. The molecule has 0 aliphatic rings. The van der Waals surface area contributed by atoms with Crippen LogP contribution in [0.3, 0.4) is 0 Å². The van der Waals surface area contributed by atoms with Crippen LogP contribution in [0.4, 0.5) is 10.1 Å². The van der Waals surface area contributed by atoms with Crippen LogP contribution in [0.25, 0.3) is 0 Å². The van der Waals surface area contributed by atoms with Gasteiger partial charge in [0, 0.05) is 6.04 Å². The van der Waals surface area contributed by atoms with Gasteiger partial charge >= 0.3 is 0 Å². The Bertz CT molecular complexity index is 717. The number of nitrogen functional groups attached to an aromatic ring is 1. The summed E-state index contributed by atoms with van der Waals surface area (Å²) in [5, 5.41) is 0. The van der Waals surface area contributed by atoms with Gasteiger partial charge in [-0.25, -0.2) is 17.5 Å². The number of nitrogens with two attached hydrogens (primary N) is 1. The fourth-order valence-electron chi connectivity index (χ4n) is 1.94. The molecule has 112 valence electrons. The number of benzene rings is 2. The Morgan fingerprint density at radius 1 is 1.10 bits per heavy atom. The van der Waals surface area contributed by atoms with Gasteiger partial charge < -0.3 is 5.43 Å². The smallest absolute Gasteiger partial charge is 0.243 e. The summed E-state index contributed by atoms with van der Waals surface area (Å²) < 4.78 is 40.2. The van der Waals surface area contributed by atoms with Crippen LogP contribution in [0.1, 0.15) is 18.5 Å². The van der Waals surface area contributed by atoms with Crippen LogP contribution in [0.5, 0.6) is 0 Å². The number of hydrogen-bond acceptors (Lipinski definition) is 4. The van der Waals surface area contributed by atoms with Crippen LogP contribution in [0.2, 0.25) is 0 Å². The topological polar surface area (TPSA) is 84.2 Å².